The first-order chi connectivity index (χ1) is 9.95. The summed E-state index contributed by atoms with van der Waals surface area (Å²) >= 11 is 4.52. The highest BCUT2D eigenvalue weighted by Gasteiger charge is 2.16. The lowest BCUT2D eigenvalue weighted by Gasteiger charge is -2.07. The maximum Gasteiger partial charge on any atom is 0.338 e. The number of carbonyl (C=O) groups excluding carboxylic acids is 1. The van der Waals surface area contributed by atoms with E-state index in [-0.39, 0.29) is 12.2 Å². The van der Waals surface area contributed by atoms with Crippen molar-refractivity contribution in [1.82, 2.24) is 0 Å². The van der Waals surface area contributed by atoms with Gasteiger partial charge in [-0.15, -0.1) is 11.3 Å². The highest BCUT2D eigenvalue weighted by atomic mass is 79.9. The maximum atomic E-state index is 11.8. The minimum absolute atomic E-state index is 0.0921. The van der Waals surface area contributed by atoms with Crippen LogP contribution in [-0.2, 0) is 4.79 Å². The molecule has 0 saturated carbocycles. The van der Waals surface area contributed by atoms with E-state index in [9.17, 15) is 9.59 Å². The quantitative estimate of drug-likeness (QED) is 0.844. The van der Waals surface area contributed by atoms with E-state index in [1.807, 2.05) is 0 Å². The van der Waals surface area contributed by atoms with Crippen molar-refractivity contribution < 1.29 is 19.4 Å². The van der Waals surface area contributed by atoms with E-state index in [1.165, 1.54) is 17.4 Å². The first-order valence-corrected chi connectivity index (χ1v) is 7.58. The minimum Gasteiger partial charge on any atom is -0.484 e. The fourth-order valence-electron chi connectivity index (χ4n) is 1.61. The number of hydrogen-bond acceptors (Lipinski definition) is 4. The molecule has 0 aliphatic carbocycles. The number of rotatable bonds is 5. The molecule has 0 aliphatic rings. The van der Waals surface area contributed by atoms with Crippen molar-refractivity contribution in [2.45, 2.75) is 6.92 Å². The third-order valence-corrected chi connectivity index (χ3v) is 4.02. The number of amides is 1. The van der Waals surface area contributed by atoms with Crippen molar-refractivity contribution in [1.29, 1.82) is 0 Å². The van der Waals surface area contributed by atoms with Crippen LogP contribution in [0.25, 0.3) is 0 Å². The number of aromatic carboxylic acids is 1. The lowest BCUT2D eigenvalue weighted by atomic mass is 10.3. The van der Waals surface area contributed by atoms with Gasteiger partial charge in [0.25, 0.3) is 5.91 Å². The number of carboxylic acids is 1. The lowest BCUT2D eigenvalue weighted by molar-refractivity contribution is -0.118. The van der Waals surface area contributed by atoms with Gasteiger partial charge >= 0.3 is 5.97 Å². The zero-order valence-corrected chi connectivity index (χ0v) is 13.5. The van der Waals surface area contributed by atoms with Crippen LogP contribution in [-0.4, -0.2) is 23.6 Å². The van der Waals surface area contributed by atoms with Gasteiger partial charge in [0.05, 0.1) is 5.56 Å². The molecule has 0 radical (unpaired) electrons. The van der Waals surface area contributed by atoms with Gasteiger partial charge in [-0.25, -0.2) is 4.79 Å². The summed E-state index contributed by atoms with van der Waals surface area (Å²) in [6, 6.07) is 8.60. The summed E-state index contributed by atoms with van der Waals surface area (Å²) in [4.78, 5) is 23.7. The molecule has 0 spiro atoms. The van der Waals surface area contributed by atoms with Gasteiger partial charge in [0.15, 0.2) is 6.61 Å². The summed E-state index contributed by atoms with van der Waals surface area (Å²) in [6.07, 6.45) is 0. The van der Waals surface area contributed by atoms with E-state index in [1.54, 1.807) is 31.2 Å². The molecule has 0 fully saturated rings. The van der Waals surface area contributed by atoms with Crippen LogP contribution in [0, 0.1) is 6.92 Å². The van der Waals surface area contributed by atoms with Gasteiger partial charge in [-0.05, 0) is 37.3 Å². The standard InChI is InChI=1S/C14H12BrNO4S/c1-8-6-11(14(18)19)13(21-8)16-12(17)7-20-10-4-2-9(15)3-5-10/h2-6H,7H2,1H3,(H,16,17)(H,18,19). The van der Waals surface area contributed by atoms with Gasteiger partial charge in [-0.2, -0.15) is 0 Å². The van der Waals surface area contributed by atoms with E-state index in [2.05, 4.69) is 21.2 Å². The highest BCUT2D eigenvalue weighted by Crippen LogP contribution is 2.27. The summed E-state index contributed by atoms with van der Waals surface area (Å²) in [5.74, 6) is -0.903. The number of ether oxygens (including phenoxy) is 1. The van der Waals surface area contributed by atoms with E-state index in [0.29, 0.717) is 10.8 Å². The Morgan fingerprint density at radius 2 is 2.00 bits per heavy atom. The van der Waals surface area contributed by atoms with Gasteiger partial charge < -0.3 is 15.2 Å². The monoisotopic (exact) mass is 369 g/mol. The molecule has 1 heterocycles. The van der Waals surface area contributed by atoms with Crippen molar-refractivity contribution in [3.05, 3.63) is 45.2 Å². The van der Waals surface area contributed by atoms with Crippen LogP contribution in [0.3, 0.4) is 0 Å². The van der Waals surface area contributed by atoms with Crippen molar-refractivity contribution in [3.63, 3.8) is 0 Å². The number of carbonyl (C=O) groups is 2. The molecule has 0 aliphatic heterocycles. The average molecular weight is 370 g/mol. The molecule has 1 aromatic heterocycles. The molecule has 110 valence electrons. The number of carboxylic acid groups (broad SMARTS) is 1. The fraction of sp³-hybridized carbons (Fsp3) is 0.143. The Balaban J connectivity index is 1.96. The molecular weight excluding hydrogens is 358 g/mol. The largest absolute Gasteiger partial charge is 0.484 e. The molecule has 5 nitrogen and oxygen atoms in total. The summed E-state index contributed by atoms with van der Waals surface area (Å²) in [6.45, 7) is 1.60. The molecular formula is C14H12BrNO4S. The molecule has 2 rings (SSSR count). The summed E-state index contributed by atoms with van der Waals surface area (Å²) < 4.78 is 6.24. The third kappa shape index (κ3) is 4.30. The van der Waals surface area contributed by atoms with Crippen LogP contribution in [0.5, 0.6) is 5.75 Å². The first kappa shape index (κ1) is 15.5. The molecule has 21 heavy (non-hydrogen) atoms. The summed E-state index contributed by atoms with van der Waals surface area (Å²) in [5, 5.41) is 11.9. The zero-order valence-electron chi connectivity index (χ0n) is 11.1. The molecule has 2 aromatic rings. The first-order valence-electron chi connectivity index (χ1n) is 5.97. The smallest absolute Gasteiger partial charge is 0.338 e. The predicted octanol–water partition coefficient (Wildman–Crippen LogP) is 3.53. The molecule has 1 amide bonds. The number of nitrogens with one attached hydrogen (secondary N) is 1. The maximum absolute atomic E-state index is 11.8. The van der Waals surface area contributed by atoms with Crippen LogP contribution in [0.2, 0.25) is 0 Å². The van der Waals surface area contributed by atoms with Gasteiger partial charge in [-0.3, -0.25) is 4.79 Å². The fourth-order valence-corrected chi connectivity index (χ4v) is 2.79. The Labute approximate surface area is 133 Å². The lowest BCUT2D eigenvalue weighted by Crippen LogP contribution is -2.20. The molecule has 0 unspecified atom stereocenters. The van der Waals surface area contributed by atoms with Gasteiger partial charge in [0.2, 0.25) is 0 Å². The van der Waals surface area contributed by atoms with Crippen molar-refractivity contribution >= 4 is 44.1 Å². The molecule has 2 N–H and O–H groups in total. The van der Waals surface area contributed by atoms with Crippen LogP contribution in [0.15, 0.2) is 34.8 Å². The van der Waals surface area contributed by atoms with Gasteiger partial charge in [0, 0.05) is 9.35 Å². The Morgan fingerprint density at radius 1 is 1.33 bits per heavy atom. The second-order valence-electron chi connectivity index (χ2n) is 4.20. The number of hydrogen-bond donors (Lipinski definition) is 2. The number of benzene rings is 1. The summed E-state index contributed by atoms with van der Waals surface area (Å²) in [7, 11) is 0. The molecule has 1 aromatic carbocycles. The van der Waals surface area contributed by atoms with Crippen LogP contribution < -0.4 is 10.1 Å². The van der Waals surface area contributed by atoms with Crippen LogP contribution in [0.1, 0.15) is 15.2 Å². The Hall–Kier alpha value is -1.86. The third-order valence-electron chi connectivity index (χ3n) is 2.52. The van der Waals surface area contributed by atoms with Gasteiger partial charge in [0.1, 0.15) is 10.8 Å². The van der Waals surface area contributed by atoms with Crippen molar-refractivity contribution in [2.75, 3.05) is 11.9 Å². The number of aryl methyl sites for hydroxylation is 1. The molecule has 7 heteroatoms. The number of thiophene rings is 1. The Bertz CT molecular complexity index is 666. The van der Waals surface area contributed by atoms with E-state index in [4.69, 9.17) is 9.84 Å². The van der Waals surface area contributed by atoms with Crippen molar-refractivity contribution in [2.24, 2.45) is 0 Å². The Kier molecular flexibility index (Phi) is 4.98. The molecule has 0 saturated heterocycles. The SMILES string of the molecule is Cc1cc(C(=O)O)c(NC(=O)COc2ccc(Br)cc2)s1. The second kappa shape index (κ2) is 6.73. The van der Waals surface area contributed by atoms with Crippen LogP contribution in [0.4, 0.5) is 5.00 Å². The van der Waals surface area contributed by atoms with E-state index in [0.717, 1.165) is 9.35 Å². The zero-order chi connectivity index (χ0) is 15.4. The topological polar surface area (TPSA) is 75.6 Å². The van der Waals surface area contributed by atoms with Gasteiger partial charge in [-0.1, -0.05) is 15.9 Å². The molecule has 0 atom stereocenters. The Morgan fingerprint density at radius 3 is 2.62 bits per heavy atom. The number of halogens is 1. The second-order valence-corrected chi connectivity index (χ2v) is 6.37. The minimum atomic E-state index is -1.07. The average Bonchev–Trinajstić information content (AvgIpc) is 2.79. The predicted molar refractivity (Wildman–Crippen MR) is 84.3 cm³/mol. The normalized spacial score (nSPS) is 10.2. The van der Waals surface area contributed by atoms with Crippen LogP contribution >= 0.6 is 27.3 Å². The molecule has 0 bridgehead atoms. The highest BCUT2D eigenvalue weighted by molar-refractivity contribution is 9.10. The van der Waals surface area contributed by atoms with Crippen molar-refractivity contribution in [3.8, 4) is 5.75 Å². The number of anilines is 1. The summed E-state index contributed by atoms with van der Waals surface area (Å²) in [5.41, 5.74) is 0.0921. The van der Waals surface area contributed by atoms with E-state index >= 15 is 0 Å². The van der Waals surface area contributed by atoms with E-state index < -0.39 is 11.9 Å².